The number of H-pyrrole nitrogens is 1. The number of aryl methyl sites for hydroxylation is 1. The summed E-state index contributed by atoms with van der Waals surface area (Å²) < 4.78 is 1.11. The average Bonchev–Trinajstić information content (AvgIpc) is 3.06. The van der Waals surface area contributed by atoms with Crippen molar-refractivity contribution in [2.75, 3.05) is 6.54 Å². The summed E-state index contributed by atoms with van der Waals surface area (Å²) in [4.78, 5) is 49.1. The lowest BCUT2D eigenvalue weighted by Gasteiger charge is -2.21. The van der Waals surface area contributed by atoms with E-state index in [1.54, 1.807) is 24.3 Å². The van der Waals surface area contributed by atoms with Crippen molar-refractivity contribution in [1.82, 2.24) is 14.7 Å². The van der Waals surface area contributed by atoms with Gasteiger partial charge in [0.1, 0.15) is 6.04 Å². The van der Waals surface area contributed by atoms with Crippen LogP contribution >= 0.6 is 0 Å². The zero-order valence-electron chi connectivity index (χ0n) is 12.9. The summed E-state index contributed by atoms with van der Waals surface area (Å²) in [7, 11) is 0. The quantitative estimate of drug-likeness (QED) is 0.828. The zero-order valence-corrected chi connectivity index (χ0v) is 12.9. The number of aromatic amines is 1. The minimum Gasteiger partial charge on any atom is -0.480 e. The number of nitrogens with zero attached hydrogens (tertiary/aromatic N) is 2. The first-order chi connectivity index (χ1) is 11.5. The number of benzene rings is 1. The van der Waals surface area contributed by atoms with E-state index in [1.807, 2.05) is 0 Å². The van der Waals surface area contributed by atoms with E-state index >= 15 is 0 Å². The summed E-state index contributed by atoms with van der Waals surface area (Å²) in [6.07, 6.45) is 1.04. The highest BCUT2D eigenvalue weighted by molar-refractivity contribution is 5.84. The molecule has 1 amide bonds. The van der Waals surface area contributed by atoms with Crippen LogP contribution < -0.4 is 11.1 Å². The molecular formula is C16H17N3O5. The van der Waals surface area contributed by atoms with Gasteiger partial charge in [-0.15, -0.1) is 0 Å². The predicted octanol–water partition coefficient (Wildman–Crippen LogP) is 0.155. The molecule has 3 rings (SSSR count). The van der Waals surface area contributed by atoms with Crippen LogP contribution in [0.15, 0.2) is 33.9 Å². The number of carbonyl (C=O) groups excluding carboxylic acids is 1. The molecule has 1 unspecified atom stereocenters. The molecule has 0 radical (unpaired) electrons. The number of carbonyl (C=O) groups is 2. The molecule has 0 saturated carbocycles. The maximum absolute atomic E-state index is 12.4. The van der Waals surface area contributed by atoms with Crippen LogP contribution in [0.2, 0.25) is 0 Å². The molecule has 1 fully saturated rings. The van der Waals surface area contributed by atoms with Gasteiger partial charge in [0.2, 0.25) is 5.91 Å². The number of nitrogens with one attached hydrogen (secondary N) is 1. The molecule has 1 aliphatic heterocycles. The summed E-state index contributed by atoms with van der Waals surface area (Å²) in [5, 5.41) is 12.2. The molecule has 2 aromatic rings. The Hall–Kier alpha value is -2.90. The topological polar surface area (TPSA) is 112 Å². The average molecular weight is 331 g/mol. The highest BCUT2D eigenvalue weighted by Gasteiger charge is 2.33. The number of aromatic nitrogens is 2. The van der Waals surface area contributed by atoms with E-state index in [0.717, 1.165) is 4.68 Å². The number of rotatable bonds is 4. The predicted molar refractivity (Wildman–Crippen MR) is 85.8 cm³/mol. The Balaban J connectivity index is 1.80. The Labute approximate surface area is 136 Å². The molecule has 126 valence electrons. The number of hydrogen-bond donors (Lipinski definition) is 2. The molecule has 0 aliphatic carbocycles. The normalized spacial score (nSPS) is 17.3. The van der Waals surface area contributed by atoms with Crippen LogP contribution in [0.4, 0.5) is 0 Å². The van der Waals surface area contributed by atoms with Crippen LogP contribution in [-0.4, -0.2) is 44.3 Å². The Morgan fingerprint density at radius 3 is 2.62 bits per heavy atom. The van der Waals surface area contributed by atoms with Gasteiger partial charge in [-0.2, -0.15) is 0 Å². The van der Waals surface area contributed by atoms with E-state index in [9.17, 15) is 19.2 Å². The lowest BCUT2D eigenvalue weighted by molar-refractivity contribution is -0.148. The van der Waals surface area contributed by atoms with Crippen molar-refractivity contribution in [1.29, 1.82) is 0 Å². The van der Waals surface area contributed by atoms with Gasteiger partial charge in [-0.05, 0) is 25.0 Å². The molecule has 0 bridgehead atoms. The van der Waals surface area contributed by atoms with Crippen LogP contribution in [0, 0.1) is 0 Å². The number of likely N-dealkylation sites (tertiary alicyclic amines) is 1. The Kier molecular flexibility index (Phi) is 4.20. The Bertz CT molecular complexity index is 914. The fraction of sp³-hybridized carbons (Fsp3) is 0.375. The standard InChI is InChI=1S/C16H17N3O5/c20-13(18-8-3-6-12(18)16(23)24)7-9-19-15(22)11-5-2-1-4-10(11)14(21)17-19/h1-2,4-5,12H,3,6-9H2,(H,17,21)(H,23,24). The van der Waals surface area contributed by atoms with Crippen molar-refractivity contribution >= 4 is 22.6 Å². The van der Waals surface area contributed by atoms with E-state index in [2.05, 4.69) is 5.10 Å². The third-order valence-electron chi connectivity index (χ3n) is 4.29. The highest BCUT2D eigenvalue weighted by atomic mass is 16.4. The van der Waals surface area contributed by atoms with Crippen LogP contribution in [-0.2, 0) is 16.1 Å². The van der Waals surface area contributed by atoms with Crippen molar-refractivity contribution < 1.29 is 14.7 Å². The third-order valence-corrected chi connectivity index (χ3v) is 4.29. The molecule has 2 heterocycles. The molecule has 1 aliphatic rings. The van der Waals surface area contributed by atoms with Crippen LogP contribution in [0.3, 0.4) is 0 Å². The number of amides is 1. The monoisotopic (exact) mass is 331 g/mol. The molecule has 8 nitrogen and oxygen atoms in total. The van der Waals surface area contributed by atoms with Gasteiger partial charge in [0.05, 0.1) is 17.3 Å². The second-order valence-electron chi connectivity index (χ2n) is 5.78. The highest BCUT2D eigenvalue weighted by Crippen LogP contribution is 2.18. The summed E-state index contributed by atoms with van der Waals surface area (Å²) in [6, 6.07) is 5.66. The van der Waals surface area contributed by atoms with Gasteiger partial charge in [-0.25, -0.2) is 9.48 Å². The maximum atomic E-state index is 12.4. The largest absolute Gasteiger partial charge is 0.480 e. The molecule has 8 heteroatoms. The van der Waals surface area contributed by atoms with Crippen molar-refractivity contribution in [2.45, 2.75) is 31.8 Å². The van der Waals surface area contributed by atoms with E-state index in [0.29, 0.717) is 30.2 Å². The number of carboxylic acid groups (broad SMARTS) is 1. The molecule has 24 heavy (non-hydrogen) atoms. The van der Waals surface area contributed by atoms with Crippen molar-refractivity contribution in [3.05, 3.63) is 45.0 Å². The first kappa shape index (κ1) is 16.0. The van der Waals surface area contributed by atoms with Crippen LogP contribution in [0.5, 0.6) is 0 Å². The summed E-state index contributed by atoms with van der Waals surface area (Å²) >= 11 is 0. The molecule has 1 saturated heterocycles. The second kappa shape index (κ2) is 6.31. The van der Waals surface area contributed by atoms with Gasteiger partial charge in [-0.3, -0.25) is 19.5 Å². The first-order valence-corrected chi connectivity index (χ1v) is 7.73. The van der Waals surface area contributed by atoms with E-state index < -0.39 is 17.6 Å². The fourth-order valence-corrected chi connectivity index (χ4v) is 3.08. The smallest absolute Gasteiger partial charge is 0.326 e. The van der Waals surface area contributed by atoms with Crippen LogP contribution in [0.25, 0.3) is 10.8 Å². The molecule has 1 aromatic heterocycles. The third kappa shape index (κ3) is 2.82. The van der Waals surface area contributed by atoms with E-state index in [-0.39, 0.29) is 24.4 Å². The fourth-order valence-electron chi connectivity index (χ4n) is 3.08. The number of carboxylic acids is 1. The number of fused-ring (bicyclic) bond motifs is 1. The Morgan fingerprint density at radius 2 is 1.92 bits per heavy atom. The SMILES string of the molecule is O=C(O)C1CCCN1C(=O)CCn1[nH]c(=O)c2ccccc2c1=O. The second-order valence-corrected chi connectivity index (χ2v) is 5.78. The molecular weight excluding hydrogens is 314 g/mol. The van der Waals surface area contributed by atoms with Gasteiger partial charge in [-0.1, -0.05) is 12.1 Å². The number of aliphatic carboxylic acids is 1. The van der Waals surface area contributed by atoms with Gasteiger partial charge in [0, 0.05) is 13.0 Å². The van der Waals surface area contributed by atoms with Crippen LogP contribution in [0.1, 0.15) is 19.3 Å². The molecule has 2 N–H and O–H groups in total. The molecule has 1 aromatic carbocycles. The summed E-state index contributed by atoms with van der Waals surface area (Å²) in [6.45, 7) is 0.402. The van der Waals surface area contributed by atoms with Gasteiger partial charge in [0.15, 0.2) is 0 Å². The van der Waals surface area contributed by atoms with Gasteiger partial charge < -0.3 is 10.0 Å². The molecule has 0 spiro atoms. The van der Waals surface area contributed by atoms with Gasteiger partial charge >= 0.3 is 5.97 Å². The molecule has 1 atom stereocenters. The lowest BCUT2D eigenvalue weighted by atomic mass is 10.2. The van der Waals surface area contributed by atoms with Crippen molar-refractivity contribution in [2.24, 2.45) is 0 Å². The summed E-state index contributed by atoms with van der Waals surface area (Å²) in [5.41, 5.74) is -0.781. The minimum absolute atomic E-state index is 0.000575. The van der Waals surface area contributed by atoms with Crippen molar-refractivity contribution in [3.63, 3.8) is 0 Å². The first-order valence-electron chi connectivity index (χ1n) is 7.73. The number of hydrogen-bond acceptors (Lipinski definition) is 4. The lowest BCUT2D eigenvalue weighted by Crippen LogP contribution is -2.41. The summed E-state index contributed by atoms with van der Waals surface area (Å²) in [5.74, 6) is -1.35. The maximum Gasteiger partial charge on any atom is 0.326 e. The van der Waals surface area contributed by atoms with Crippen molar-refractivity contribution in [3.8, 4) is 0 Å². The zero-order chi connectivity index (χ0) is 17.3. The minimum atomic E-state index is -1.02. The van der Waals surface area contributed by atoms with E-state index in [4.69, 9.17) is 5.11 Å². The van der Waals surface area contributed by atoms with Gasteiger partial charge in [0.25, 0.3) is 11.1 Å². The van der Waals surface area contributed by atoms with E-state index in [1.165, 1.54) is 4.90 Å². The Morgan fingerprint density at radius 1 is 1.21 bits per heavy atom.